The van der Waals surface area contributed by atoms with Crippen LogP contribution in [0.15, 0.2) is 29.3 Å². The van der Waals surface area contributed by atoms with E-state index in [0.717, 1.165) is 35.9 Å². The first kappa shape index (κ1) is 14.1. The summed E-state index contributed by atoms with van der Waals surface area (Å²) in [5.41, 5.74) is 9.15. The number of primary amides is 1. The first-order valence-corrected chi connectivity index (χ1v) is 8.47. The summed E-state index contributed by atoms with van der Waals surface area (Å²) in [6.45, 7) is 0. The van der Waals surface area contributed by atoms with Crippen LogP contribution in [0.5, 0.6) is 0 Å². The fourth-order valence-electron chi connectivity index (χ4n) is 3.05. The normalized spacial score (nSPS) is 14.4. The zero-order chi connectivity index (χ0) is 15.8. The first-order chi connectivity index (χ1) is 11.2. The molecule has 1 aromatic carbocycles. The molecule has 0 bridgehead atoms. The molecule has 6 heteroatoms. The number of benzene rings is 1. The number of aliphatic imine (C=N–C) groups is 1. The topological polar surface area (TPSA) is 84.1 Å². The summed E-state index contributed by atoms with van der Waals surface area (Å²) in [6.07, 6.45) is 5.88. The quantitative estimate of drug-likeness (QED) is 0.724. The van der Waals surface area contributed by atoms with E-state index in [2.05, 4.69) is 15.0 Å². The fourth-order valence-corrected chi connectivity index (χ4v) is 4.29. The summed E-state index contributed by atoms with van der Waals surface area (Å²) in [7, 11) is 0. The molecule has 3 N–H and O–H groups in total. The van der Waals surface area contributed by atoms with E-state index >= 15 is 0 Å². The van der Waals surface area contributed by atoms with E-state index in [0.29, 0.717) is 16.4 Å². The van der Waals surface area contributed by atoms with Crippen LogP contribution in [-0.2, 0) is 12.8 Å². The molecular weight excluding hydrogens is 308 g/mol. The Morgan fingerprint density at radius 3 is 2.96 bits per heavy atom. The minimum Gasteiger partial charge on any atom is -0.365 e. The van der Waals surface area contributed by atoms with Crippen LogP contribution in [-0.4, -0.2) is 22.1 Å². The maximum absolute atomic E-state index is 11.8. The molecule has 1 aliphatic rings. The van der Waals surface area contributed by atoms with Crippen LogP contribution in [0.25, 0.3) is 11.0 Å². The van der Waals surface area contributed by atoms with Gasteiger partial charge < -0.3 is 10.7 Å². The molecule has 0 spiro atoms. The van der Waals surface area contributed by atoms with Crippen molar-refractivity contribution in [1.82, 2.24) is 9.97 Å². The summed E-state index contributed by atoms with van der Waals surface area (Å²) < 4.78 is 0. The SMILES string of the molecule is NC(=O)c1c(/N=C/c2nc3ccccc3[nH]2)sc2c1CCCC2. The molecule has 0 fully saturated rings. The van der Waals surface area contributed by atoms with Crippen molar-refractivity contribution < 1.29 is 4.79 Å². The number of thiophene rings is 1. The number of nitrogens with two attached hydrogens (primary N) is 1. The van der Waals surface area contributed by atoms with Gasteiger partial charge in [0.05, 0.1) is 22.8 Å². The van der Waals surface area contributed by atoms with E-state index < -0.39 is 0 Å². The fraction of sp³-hybridized carbons (Fsp3) is 0.235. The molecule has 116 valence electrons. The third-order valence-electron chi connectivity index (χ3n) is 4.11. The summed E-state index contributed by atoms with van der Waals surface area (Å²) in [5, 5.41) is 0.699. The largest absolute Gasteiger partial charge is 0.365 e. The number of nitrogens with one attached hydrogen (secondary N) is 1. The Morgan fingerprint density at radius 2 is 2.13 bits per heavy atom. The Labute approximate surface area is 137 Å². The zero-order valence-electron chi connectivity index (χ0n) is 12.5. The minimum absolute atomic E-state index is 0.388. The van der Waals surface area contributed by atoms with Crippen molar-refractivity contribution in [2.75, 3.05) is 0 Å². The Morgan fingerprint density at radius 1 is 1.30 bits per heavy atom. The van der Waals surface area contributed by atoms with Gasteiger partial charge in [0.2, 0.25) is 0 Å². The highest BCUT2D eigenvalue weighted by Crippen LogP contribution is 2.39. The van der Waals surface area contributed by atoms with Crippen LogP contribution >= 0.6 is 11.3 Å². The van der Waals surface area contributed by atoms with E-state index in [1.807, 2.05) is 24.3 Å². The molecule has 0 atom stereocenters. The average molecular weight is 324 g/mol. The second-order valence-electron chi connectivity index (χ2n) is 5.65. The monoisotopic (exact) mass is 324 g/mol. The van der Waals surface area contributed by atoms with Gasteiger partial charge >= 0.3 is 0 Å². The van der Waals surface area contributed by atoms with Crippen molar-refractivity contribution in [2.45, 2.75) is 25.7 Å². The highest BCUT2D eigenvalue weighted by Gasteiger charge is 2.23. The van der Waals surface area contributed by atoms with Crippen LogP contribution in [0.1, 0.15) is 39.5 Å². The molecule has 1 amide bonds. The van der Waals surface area contributed by atoms with E-state index in [1.54, 1.807) is 17.6 Å². The molecule has 5 nitrogen and oxygen atoms in total. The van der Waals surface area contributed by atoms with Gasteiger partial charge in [0, 0.05) is 4.88 Å². The molecule has 4 rings (SSSR count). The Kier molecular flexibility index (Phi) is 3.46. The van der Waals surface area contributed by atoms with Gasteiger partial charge in [-0.25, -0.2) is 9.98 Å². The summed E-state index contributed by atoms with van der Waals surface area (Å²) in [6, 6.07) is 7.82. The van der Waals surface area contributed by atoms with E-state index in [-0.39, 0.29) is 5.91 Å². The number of imidazole rings is 1. The number of fused-ring (bicyclic) bond motifs is 2. The van der Waals surface area contributed by atoms with Gasteiger partial charge in [0.15, 0.2) is 0 Å². The van der Waals surface area contributed by atoms with E-state index in [4.69, 9.17) is 5.73 Å². The molecule has 3 aromatic rings. The number of aryl methyl sites for hydroxylation is 1. The standard InChI is InChI=1S/C17H16N4OS/c18-16(22)15-10-5-1-4-8-13(10)23-17(15)19-9-14-20-11-6-2-3-7-12(11)21-14/h2-3,6-7,9H,1,4-5,8H2,(H2,18,22)(H,20,21)/b19-9+. The van der Waals surface area contributed by atoms with E-state index in [9.17, 15) is 4.79 Å². The lowest BCUT2D eigenvalue weighted by Crippen LogP contribution is -2.14. The van der Waals surface area contributed by atoms with Crippen molar-refractivity contribution in [1.29, 1.82) is 0 Å². The predicted molar refractivity (Wildman–Crippen MR) is 92.8 cm³/mol. The molecule has 23 heavy (non-hydrogen) atoms. The van der Waals surface area contributed by atoms with Gasteiger partial charge in [-0.15, -0.1) is 11.3 Å². The number of carbonyl (C=O) groups excluding carboxylic acids is 1. The molecule has 2 heterocycles. The molecule has 2 aromatic heterocycles. The lowest BCUT2D eigenvalue weighted by atomic mass is 9.95. The van der Waals surface area contributed by atoms with Gasteiger partial charge in [-0.2, -0.15) is 0 Å². The number of para-hydroxylation sites is 2. The summed E-state index contributed by atoms with van der Waals surface area (Å²) in [5.74, 6) is 0.286. The first-order valence-electron chi connectivity index (χ1n) is 7.65. The smallest absolute Gasteiger partial charge is 0.252 e. The Bertz CT molecular complexity index is 889. The van der Waals surface area contributed by atoms with Crippen molar-refractivity contribution in [2.24, 2.45) is 10.7 Å². The lowest BCUT2D eigenvalue weighted by molar-refractivity contribution is 0.100. The maximum atomic E-state index is 11.8. The Hall–Kier alpha value is -2.47. The van der Waals surface area contributed by atoms with Gasteiger partial charge in [0.25, 0.3) is 5.91 Å². The van der Waals surface area contributed by atoms with Gasteiger partial charge in [-0.3, -0.25) is 4.79 Å². The molecule has 1 aliphatic carbocycles. The number of aromatic amines is 1. The minimum atomic E-state index is -0.388. The van der Waals surface area contributed by atoms with Crippen LogP contribution in [0.2, 0.25) is 0 Å². The predicted octanol–water partition coefficient (Wildman–Crippen LogP) is 3.35. The molecule has 0 saturated carbocycles. The highest BCUT2D eigenvalue weighted by atomic mass is 32.1. The third-order valence-corrected chi connectivity index (χ3v) is 5.31. The molecule has 0 radical (unpaired) electrons. The average Bonchev–Trinajstić information content (AvgIpc) is 3.13. The maximum Gasteiger partial charge on any atom is 0.252 e. The second kappa shape index (κ2) is 5.62. The zero-order valence-corrected chi connectivity index (χ0v) is 13.3. The van der Waals surface area contributed by atoms with Crippen LogP contribution in [0.3, 0.4) is 0 Å². The van der Waals surface area contributed by atoms with Gasteiger partial charge in [-0.1, -0.05) is 12.1 Å². The third kappa shape index (κ3) is 2.55. The van der Waals surface area contributed by atoms with Crippen molar-refractivity contribution >= 4 is 39.5 Å². The number of hydrogen-bond acceptors (Lipinski definition) is 4. The van der Waals surface area contributed by atoms with Crippen LogP contribution < -0.4 is 5.73 Å². The number of aromatic nitrogens is 2. The molecule has 0 unspecified atom stereocenters. The number of rotatable bonds is 3. The lowest BCUT2D eigenvalue weighted by Gasteiger charge is -2.10. The van der Waals surface area contributed by atoms with Gasteiger partial charge in [0.1, 0.15) is 10.8 Å². The number of hydrogen-bond donors (Lipinski definition) is 2. The van der Waals surface area contributed by atoms with Crippen LogP contribution in [0.4, 0.5) is 5.00 Å². The molecular formula is C17H16N4OS. The number of nitrogens with zero attached hydrogens (tertiary/aromatic N) is 2. The number of H-pyrrole nitrogens is 1. The number of carbonyl (C=O) groups is 1. The number of amides is 1. The molecule has 0 aliphatic heterocycles. The van der Waals surface area contributed by atoms with Crippen LogP contribution in [0, 0.1) is 0 Å². The Balaban J connectivity index is 1.73. The second-order valence-corrected chi connectivity index (χ2v) is 6.74. The van der Waals surface area contributed by atoms with Gasteiger partial charge in [-0.05, 0) is 43.4 Å². The van der Waals surface area contributed by atoms with Crippen molar-refractivity contribution in [3.05, 3.63) is 46.1 Å². The highest BCUT2D eigenvalue weighted by molar-refractivity contribution is 7.16. The van der Waals surface area contributed by atoms with Crippen molar-refractivity contribution in [3.8, 4) is 0 Å². The molecule has 0 saturated heterocycles. The summed E-state index contributed by atoms with van der Waals surface area (Å²) in [4.78, 5) is 25.3. The van der Waals surface area contributed by atoms with Crippen molar-refractivity contribution in [3.63, 3.8) is 0 Å². The summed E-state index contributed by atoms with van der Waals surface area (Å²) >= 11 is 1.58. The van der Waals surface area contributed by atoms with E-state index in [1.165, 1.54) is 11.3 Å².